The van der Waals surface area contributed by atoms with Gasteiger partial charge in [-0.25, -0.2) is 28.1 Å². The number of rotatable bonds is 5. The van der Waals surface area contributed by atoms with Crippen LogP contribution in [0.4, 0.5) is 5.82 Å². The minimum absolute atomic E-state index is 0.217. The van der Waals surface area contributed by atoms with Gasteiger partial charge in [-0.3, -0.25) is 0 Å². The predicted octanol–water partition coefficient (Wildman–Crippen LogP) is 0.655. The molecule has 0 aromatic carbocycles. The molecule has 1 atom stereocenters. The zero-order chi connectivity index (χ0) is 18.3. The lowest BCUT2D eigenvalue weighted by atomic mass is 10.0. The van der Waals surface area contributed by atoms with Gasteiger partial charge in [0, 0.05) is 38.4 Å². The van der Waals surface area contributed by atoms with Crippen LogP contribution in [0.5, 0.6) is 0 Å². The van der Waals surface area contributed by atoms with Crippen molar-refractivity contribution in [2.24, 2.45) is 0 Å². The Labute approximate surface area is 151 Å². The Kier molecular flexibility index (Phi) is 4.16. The number of nitrogens with zero attached hydrogens (tertiary/aromatic N) is 5. The van der Waals surface area contributed by atoms with E-state index >= 15 is 0 Å². The summed E-state index contributed by atoms with van der Waals surface area (Å²) in [5.41, 5.74) is 1.57. The Morgan fingerprint density at radius 3 is 3.08 bits per heavy atom. The Balaban J connectivity index is 1.53. The van der Waals surface area contributed by atoms with E-state index in [1.54, 1.807) is 6.33 Å². The molecule has 1 aliphatic heterocycles. The Hall–Kier alpha value is -2.46. The smallest absolute Gasteiger partial charge is 0.209 e. The molecule has 0 radical (unpaired) electrons. The number of anilines is 1. The van der Waals surface area contributed by atoms with Gasteiger partial charge >= 0.3 is 0 Å². The molecule has 3 aromatic rings. The van der Waals surface area contributed by atoms with Gasteiger partial charge in [0.15, 0.2) is 0 Å². The maximum atomic E-state index is 11.3. The van der Waals surface area contributed by atoms with E-state index in [1.807, 2.05) is 25.5 Å². The Morgan fingerprint density at radius 1 is 1.42 bits per heavy atom. The lowest BCUT2D eigenvalue weighted by Gasteiger charge is -2.32. The molecule has 2 N–H and O–H groups in total. The van der Waals surface area contributed by atoms with Crippen LogP contribution in [-0.4, -0.2) is 52.3 Å². The number of likely N-dealkylation sites (N-methyl/N-ethyl adjacent to an activating group) is 1. The van der Waals surface area contributed by atoms with Gasteiger partial charge in [0.05, 0.1) is 23.9 Å². The topological polar surface area (TPSA) is 109 Å². The molecule has 9 nitrogen and oxygen atoms in total. The first-order valence-electron chi connectivity index (χ1n) is 8.41. The summed E-state index contributed by atoms with van der Waals surface area (Å²) < 4.78 is 27.1. The van der Waals surface area contributed by atoms with Crippen LogP contribution in [0.25, 0.3) is 11.0 Å². The molecule has 0 aliphatic carbocycles. The highest BCUT2D eigenvalue weighted by Gasteiger charge is 2.26. The summed E-state index contributed by atoms with van der Waals surface area (Å²) >= 11 is 0. The summed E-state index contributed by atoms with van der Waals surface area (Å²) in [6.45, 7) is 1.06. The van der Waals surface area contributed by atoms with Crippen molar-refractivity contribution in [3.63, 3.8) is 0 Å². The van der Waals surface area contributed by atoms with E-state index < -0.39 is 10.0 Å². The molecule has 0 saturated carbocycles. The maximum Gasteiger partial charge on any atom is 0.209 e. The molecule has 0 fully saturated rings. The quantitative estimate of drug-likeness (QED) is 0.678. The van der Waals surface area contributed by atoms with Crippen molar-refractivity contribution in [3.8, 4) is 0 Å². The highest BCUT2D eigenvalue weighted by Crippen LogP contribution is 2.27. The van der Waals surface area contributed by atoms with Crippen molar-refractivity contribution in [3.05, 3.63) is 36.3 Å². The van der Waals surface area contributed by atoms with Gasteiger partial charge < -0.3 is 14.5 Å². The van der Waals surface area contributed by atoms with Crippen molar-refractivity contribution in [2.45, 2.75) is 32.0 Å². The van der Waals surface area contributed by atoms with Crippen molar-refractivity contribution in [1.29, 1.82) is 0 Å². The molecule has 26 heavy (non-hydrogen) atoms. The maximum absolute atomic E-state index is 11.3. The molecule has 4 heterocycles. The summed E-state index contributed by atoms with van der Waals surface area (Å²) in [5, 5.41) is 1.00. The van der Waals surface area contributed by atoms with Crippen LogP contribution in [0.15, 0.2) is 24.8 Å². The number of aromatic nitrogens is 5. The first-order valence-corrected chi connectivity index (χ1v) is 10.3. The minimum atomic E-state index is -3.22. The highest BCUT2D eigenvalue weighted by atomic mass is 32.2. The van der Waals surface area contributed by atoms with Crippen LogP contribution < -0.4 is 9.62 Å². The van der Waals surface area contributed by atoms with E-state index in [0.29, 0.717) is 0 Å². The van der Waals surface area contributed by atoms with Gasteiger partial charge in [0.2, 0.25) is 10.0 Å². The number of fused-ring (bicyclic) bond motifs is 2. The van der Waals surface area contributed by atoms with Gasteiger partial charge in [-0.15, -0.1) is 0 Å². The first-order chi connectivity index (χ1) is 12.4. The number of hydrogen-bond donors (Lipinski definition) is 2. The summed E-state index contributed by atoms with van der Waals surface area (Å²) in [7, 11) is -1.18. The molecule has 0 amide bonds. The molecule has 0 bridgehead atoms. The molecule has 0 saturated heterocycles. The monoisotopic (exact) mass is 375 g/mol. The molecule has 10 heteroatoms. The van der Waals surface area contributed by atoms with E-state index in [0.717, 1.165) is 54.0 Å². The highest BCUT2D eigenvalue weighted by molar-refractivity contribution is 7.88. The van der Waals surface area contributed by atoms with Crippen molar-refractivity contribution >= 4 is 26.9 Å². The van der Waals surface area contributed by atoms with E-state index in [9.17, 15) is 8.42 Å². The van der Waals surface area contributed by atoms with E-state index in [1.165, 1.54) is 0 Å². The number of aromatic amines is 1. The van der Waals surface area contributed by atoms with Gasteiger partial charge in [0.1, 0.15) is 23.6 Å². The molecular weight excluding hydrogens is 354 g/mol. The number of aryl methyl sites for hydroxylation is 1. The fourth-order valence-electron chi connectivity index (χ4n) is 3.40. The van der Waals surface area contributed by atoms with Crippen LogP contribution in [0, 0.1) is 0 Å². The van der Waals surface area contributed by atoms with Crippen LogP contribution in [0.2, 0.25) is 0 Å². The Bertz CT molecular complexity index is 1040. The van der Waals surface area contributed by atoms with E-state index in [2.05, 4.69) is 34.1 Å². The molecule has 3 aromatic heterocycles. The number of hydrogen-bond acceptors (Lipinski definition) is 6. The molecule has 138 valence electrons. The second-order valence-electron chi connectivity index (χ2n) is 6.63. The van der Waals surface area contributed by atoms with Gasteiger partial charge in [-0.1, -0.05) is 0 Å². The Morgan fingerprint density at radius 2 is 2.27 bits per heavy atom. The second-order valence-corrected chi connectivity index (χ2v) is 8.46. The largest absolute Gasteiger partial charge is 0.356 e. The SMILES string of the molecule is CN(c1ncnc2[nH]ccc12)C1CCn2cc(CNS(C)(=O)=O)nc2C1. The van der Waals surface area contributed by atoms with E-state index in [4.69, 9.17) is 0 Å². The fourth-order valence-corrected chi connectivity index (χ4v) is 3.81. The van der Waals surface area contributed by atoms with Crippen LogP contribution >= 0.6 is 0 Å². The molecule has 1 aliphatic rings. The molecule has 1 unspecified atom stereocenters. The van der Waals surface area contributed by atoms with Gasteiger partial charge in [0.25, 0.3) is 0 Å². The minimum Gasteiger partial charge on any atom is -0.356 e. The van der Waals surface area contributed by atoms with Crippen molar-refractivity contribution in [2.75, 3.05) is 18.2 Å². The fraction of sp³-hybridized carbons (Fsp3) is 0.438. The summed E-state index contributed by atoms with van der Waals surface area (Å²) in [4.78, 5) is 18.6. The first kappa shape index (κ1) is 17.0. The molecule has 4 rings (SSSR count). The van der Waals surface area contributed by atoms with Crippen LogP contribution in [0.1, 0.15) is 17.9 Å². The normalized spacial score (nSPS) is 17.4. The van der Waals surface area contributed by atoms with Crippen LogP contribution in [0.3, 0.4) is 0 Å². The summed E-state index contributed by atoms with van der Waals surface area (Å²) in [6, 6.07) is 2.26. The zero-order valence-electron chi connectivity index (χ0n) is 14.7. The summed E-state index contributed by atoms with van der Waals surface area (Å²) in [5.74, 6) is 1.87. The number of nitrogens with one attached hydrogen (secondary N) is 2. The third kappa shape index (κ3) is 3.29. The zero-order valence-corrected chi connectivity index (χ0v) is 15.5. The van der Waals surface area contributed by atoms with Crippen molar-refractivity contribution < 1.29 is 8.42 Å². The third-order valence-corrected chi connectivity index (χ3v) is 5.43. The average molecular weight is 375 g/mol. The molecular formula is C16H21N7O2S. The average Bonchev–Trinajstić information content (AvgIpc) is 3.23. The van der Waals surface area contributed by atoms with Gasteiger partial charge in [-0.05, 0) is 12.5 Å². The number of sulfonamides is 1. The lowest BCUT2D eigenvalue weighted by molar-refractivity contribution is 0.448. The molecule has 0 spiro atoms. The lowest BCUT2D eigenvalue weighted by Crippen LogP contribution is -2.38. The van der Waals surface area contributed by atoms with E-state index in [-0.39, 0.29) is 12.6 Å². The van der Waals surface area contributed by atoms with Crippen molar-refractivity contribution in [1.82, 2.24) is 29.2 Å². The number of H-pyrrole nitrogens is 1. The van der Waals surface area contributed by atoms with Crippen LogP contribution in [-0.2, 0) is 29.5 Å². The van der Waals surface area contributed by atoms with Gasteiger partial charge in [-0.2, -0.15) is 0 Å². The second kappa shape index (κ2) is 6.36. The predicted molar refractivity (Wildman–Crippen MR) is 98.3 cm³/mol. The number of imidazole rings is 1. The third-order valence-electron chi connectivity index (χ3n) is 4.76. The standard InChI is InChI=1S/C16H21N7O2S/c1-22(16-13-3-5-17-15(13)18-10-19-16)12-4-6-23-9-11(21-14(23)7-12)8-20-26(2,24)25/h3,5,9-10,12,20H,4,6-8H2,1-2H3,(H,17,18,19). The summed E-state index contributed by atoms with van der Waals surface area (Å²) in [6.07, 6.45) is 8.27.